The molecule has 1 aromatic rings. The van der Waals surface area contributed by atoms with Crippen molar-refractivity contribution >= 4 is 35.2 Å². The Hall–Kier alpha value is -1.50. The van der Waals surface area contributed by atoms with Crippen LogP contribution in [0.15, 0.2) is 18.2 Å². The highest BCUT2D eigenvalue weighted by atomic mass is 35.5. The van der Waals surface area contributed by atoms with Crippen LogP contribution in [0.5, 0.6) is 0 Å². The Morgan fingerprint density at radius 3 is 2.52 bits per heavy atom. The molecular weight excluding hydrogens is 319 g/mol. The number of nitrogens with one attached hydrogen (secondary N) is 2. The van der Waals surface area contributed by atoms with Gasteiger partial charge in [0.25, 0.3) is 0 Å². The predicted octanol–water partition coefficient (Wildman–Crippen LogP) is 1.67. The molecule has 21 heavy (non-hydrogen) atoms. The van der Waals surface area contributed by atoms with E-state index in [0.29, 0.717) is 23.0 Å². The Kier molecular flexibility index (Phi) is 6.26. The number of carboxylic acid groups (broad SMARTS) is 1. The SMILES string of the molecule is CC(O)(CNC(=O)NCCc1ccc(Cl)cc1Cl)C(=O)O. The molecule has 1 rings (SSSR count). The van der Waals surface area contributed by atoms with E-state index in [4.69, 9.17) is 28.3 Å². The molecule has 0 aliphatic rings. The predicted molar refractivity (Wildman–Crippen MR) is 79.8 cm³/mol. The molecule has 0 heterocycles. The molecule has 0 spiro atoms. The van der Waals surface area contributed by atoms with Gasteiger partial charge in [-0.15, -0.1) is 0 Å². The zero-order chi connectivity index (χ0) is 16.0. The molecule has 2 amide bonds. The maximum Gasteiger partial charge on any atom is 0.337 e. The highest BCUT2D eigenvalue weighted by molar-refractivity contribution is 6.35. The molecule has 0 aliphatic carbocycles. The molecule has 0 saturated carbocycles. The summed E-state index contributed by atoms with van der Waals surface area (Å²) in [4.78, 5) is 22.1. The second-order valence-electron chi connectivity index (χ2n) is 4.67. The van der Waals surface area contributed by atoms with Crippen LogP contribution in [0.2, 0.25) is 10.0 Å². The average molecular weight is 335 g/mol. The molecule has 4 N–H and O–H groups in total. The number of rotatable bonds is 6. The van der Waals surface area contributed by atoms with Crippen LogP contribution in [0.3, 0.4) is 0 Å². The molecule has 1 unspecified atom stereocenters. The van der Waals surface area contributed by atoms with Gasteiger partial charge in [-0.1, -0.05) is 29.3 Å². The largest absolute Gasteiger partial charge is 0.479 e. The van der Waals surface area contributed by atoms with Crippen molar-refractivity contribution in [2.45, 2.75) is 18.9 Å². The first-order valence-corrected chi connectivity index (χ1v) is 6.89. The third-order valence-electron chi connectivity index (χ3n) is 2.75. The van der Waals surface area contributed by atoms with Gasteiger partial charge >= 0.3 is 12.0 Å². The quantitative estimate of drug-likeness (QED) is 0.636. The normalized spacial score (nSPS) is 13.3. The smallest absolute Gasteiger partial charge is 0.337 e. The fourth-order valence-electron chi connectivity index (χ4n) is 1.43. The summed E-state index contributed by atoms with van der Waals surface area (Å²) in [5.74, 6) is -1.41. The lowest BCUT2D eigenvalue weighted by Gasteiger charge is -2.18. The number of amides is 2. The van der Waals surface area contributed by atoms with Gasteiger partial charge in [-0.05, 0) is 31.0 Å². The van der Waals surface area contributed by atoms with Gasteiger partial charge in [-0.25, -0.2) is 9.59 Å². The number of benzene rings is 1. The van der Waals surface area contributed by atoms with Crippen molar-refractivity contribution in [1.82, 2.24) is 10.6 Å². The Morgan fingerprint density at radius 2 is 1.95 bits per heavy atom. The number of carbonyl (C=O) groups excluding carboxylic acids is 1. The first-order valence-electron chi connectivity index (χ1n) is 6.14. The van der Waals surface area contributed by atoms with E-state index >= 15 is 0 Å². The molecule has 116 valence electrons. The molecule has 0 aliphatic heterocycles. The summed E-state index contributed by atoms with van der Waals surface area (Å²) in [5, 5.41) is 24.0. The van der Waals surface area contributed by atoms with Crippen molar-refractivity contribution in [3.8, 4) is 0 Å². The summed E-state index contributed by atoms with van der Waals surface area (Å²) in [6, 6.07) is 4.51. The number of hydrogen-bond acceptors (Lipinski definition) is 3. The van der Waals surface area contributed by atoms with E-state index in [2.05, 4.69) is 10.6 Å². The molecule has 0 saturated heterocycles. The average Bonchev–Trinajstić information content (AvgIpc) is 2.39. The van der Waals surface area contributed by atoms with Gasteiger partial charge in [0.2, 0.25) is 0 Å². The Labute approximate surface area is 132 Å². The van der Waals surface area contributed by atoms with E-state index in [0.717, 1.165) is 12.5 Å². The number of aliphatic carboxylic acids is 1. The third-order valence-corrected chi connectivity index (χ3v) is 3.34. The summed E-state index contributed by atoms with van der Waals surface area (Å²) in [6.45, 7) is 1.02. The standard InChI is InChI=1S/C13H16Cl2N2O4/c1-13(21,11(18)19)7-17-12(20)16-5-4-8-2-3-9(14)6-10(8)15/h2-3,6,21H,4-5,7H2,1H3,(H,18,19)(H2,16,17,20). The van der Waals surface area contributed by atoms with Crippen molar-refractivity contribution < 1.29 is 19.8 Å². The van der Waals surface area contributed by atoms with E-state index in [1.807, 2.05) is 0 Å². The van der Waals surface area contributed by atoms with E-state index < -0.39 is 24.1 Å². The van der Waals surface area contributed by atoms with Crippen LogP contribution in [0.25, 0.3) is 0 Å². The van der Waals surface area contributed by atoms with Crippen LogP contribution in [0.1, 0.15) is 12.5 Å². The third kappa shape index (κ3) is 5.79. The van der Waals surface area contributed by atoms with Crippen LogP contribution >= 0.6 is 23.2 Å². The maximum absolute atomic E-state index is 11.5. The molecule has 1 atom stereocenters. The van der Waals surface area contributed by atoms with E-state index in [9.17, 15) is 14.7 Å². The van der Waals surface area contributed by atoms with Gasteiger partial charge in [0.1, 0.15) is 0 Å². The molecule has 0 fully saturated rings. The second-order valence-corrected chi connectivity index (χ2v) is 5.52. The summed E-state index contributed by atoms with van der Waals surface area (Å²) in [7, 11) is 0. The van der Waals surface area contributed by atoms with Crippen molar-refractivity contribution in [3.05, 3.63) is 33.8 Å². The summed E-state index contributed by atoms with van der Waals surface area (Å²) >= 11 is 11.8. The van der Waals surface area contributed by atoms with Gasteiger partial charge in [0.05, 0.1) is 6.54 Å². The topological polar surface area (TPSA) is 98.7 Å². The minimum Gasteiger partial charge on any atom is -0.479 e. The number of hydrogen-bond donors (Lipinski definition) is 4. The van der Waals surface area contributed by atoms with Gasteiger partial charge in [-0.3, -0.25) is 0 Å². The van der Waals surface area contributed by atoms with Gasteiger partial charge in [-0.2, -0.15) is 0 Å². The first-order chi connectivity index (χ1) is 9.72. The molecular formula is C13H16Cl2N2O4. The zero-order valence-corrected chi connectivity index (χ0v) is 12.8. The van der Waals surface area contributed by atoms with Gasteiger partial charge in [0.15, 0.2) is 5.60 Å². The fourth-order valence-corrected chi connectivity index (χ4v) is 1.93. The second kappa shape index (κ2) is 7.49. The number of halogens is 2. The van der Waals surface area contributed by atoms with Gasteiger partial charge < -0.3 is 20.8 Å². The van der Waals surface area contributed by atoms with Gasteiger partial charge in [0, 0.05) is 16.6 Å². The molecule has 0 radical (unpaired) electrons. The van der Waals surface area contributed by atoms with E-state index in [1.165, 1.54) is 0 Å². The van der Waals surface area contributed by atoms with Crippen LogP contribution in [0.4, 0.5) is 4.79 Å². The highest BCUT2D eigenvalue weighted by Gasteiger charge is 2.30. The lowest BCUT2D eigenvalue weighted by Crippen LogP contribution is -2.49. The lowest BCUT2D eigenvalue weighted by molar-refractivity contribution is -0.155. The summed E-state index contributed by atoms with van der Waals surface area (Å²) in [6.07, 6.45) is 0.499. The van der Waals surface area contributed by atoms with Crippen molar-refractivity contribution in [1.29, 1.82) is 0 Å². The van der Waals surface area contributed by atoms with Crippen molar-refractivity contribution in [3.63, 3.8) is 0 Å². The molecule has 0 aromatic heterocycles. The van der Waals surface area contributed by atoms with Crippen LogP contribution < -0.4 is 10.6 Å². The summed E-state index contributed by atoms with van der Waals surface area (Å²) in [5.41, 5.74) is -1.17. The minimum atomic E-state index is -2.00. The molecule has 8 heteroatoms. The first kappa shape index (κ1) is 17.6. The number of carbonyl (C=O) groups is 2. The lowest BCUT2D eigenvalue weighted by atomic mass is 10.1. The number of urea groups is 1. The summed E-state index contributed by atoms with van der Waals surface area (Å²) < 4.78 is 0. The maximum atomic E-state index is 11.5. The Balaban J connectivity index is 2.35. The molecule has 1 aromatic carbocycles. The molecule has 6 nitrogen and oxygen atoms in total. The van der Waals surface area contributed by atoms with Crippen molar-refractivity contribution in [2.75, 3.05) is 13.1 Å². The zero-order valence-electron chi connectivity index (χ0n) is 11.3. The van der Waals surface area contributed by atoms with E-state index in [1.54, 1.807) is 18.2 Å². The fraction of sp³-hybridized carbons (Fsp3) is 0.385. The number of aliphatic hydroxyl groups is 1. The van der Waals surface area contributed by atoms with Crippen LogP contribution in [-0.4, -0.2) is 40.9 Å². The monoisotopic (exact) mass is 334 g/mol. The molecule has 0 bridgehead atoms. The van der Waals surface area contributed by atoms with Crippen LogP contribution in [0, 0.1) is 0 Å². The van der Waals surface area contributed by atoms with E-state index in [-0.39, 0.29) is 0 Å². The highest BCUT2D eigenvalue weighted by Crippen LogP contribution is 2.20. The number of carboxylic acids is 1. The van der Waals surface area contributed by atoms with Crippen LogP contribution in [-0.2, 0) is 11.2 Å². The Bertz CT molecular complexity index is 535. The Morgan fingerprint density at radius 1 is 1.29 bits per heavy atom. The minimum absolute atomic E-state index is 0.308. The van der Waals surface area contributed by atoms with Crippen molar-refractivity contribution in [2.24, 2.45) is 0 Å².